The Morgan fingerprint density at radius 1 is 1.03 bits per heavy atom. The summed E-state index contributed by atoms with van der Waals surface area (Å²) in [5.74, 6) is -1.94. The monoisotopic (exact) mass is 391 g/mol. The summed E-state index contributed by atoms with van der Waals surface area (Å²) in [4.78, 5) is 16.9. The number of para-hydroxylation sites is 1. The van der Waals surface area contributed by atoms with Crippen molar-refractivity contribution in [2.24, 2.45) is 0 Å². The first-order valence-electron chi connectivity index (χ1n) is 8.77. The Balaban J connectivity index is 1.68. The van der Waals surface area contributed by atoms with Crippen LogP contribution in [-0.4, -0.2) is 25.9 Å². The Hall–Kier alpha value is -3.94. The molecule has 2 aromatic carbocycles. The average Bonchev–Trinajstić information content (AvgIpc) is 3.19. The van der Waals surface area contributed by atoms with Crippen molar-refractivity contribution in [2.45, 2.75) is 6.54 Å². The van der Waals surface area contributed by atoms with Gasteiger partial charge in [-0.2, -0.15) is 0 Å². The molecular weight excluding hydrogens is 376 g/mol. The van der Waals surface area contributed by atoms with Crippen LogP contribution < -0.4 is 5.32 Å². The highest BCUT2D eigenvalue weighted by Gasteiger charge is 2.22. The van der Waals surface area contributed by atoms with Crippen molar-refractivity contribution in [1.29, 1.82) is 0 Å². The molecule has 0 aliphatic heterocycles. The van der Waals surface area contributed by atoms with Crippen molar-refractivity contribution >= 4 is 5.91 Å². The fourth-order valence-corrected chi connectivity index (χ4v) is 2.87. The van der Waals surface area contributed by atoms with Gasteiger partial charge in [-0.15, -0.1) is 5.10 Å². The lowest BCUT2D eigenvalue weighted by atomic mass is 10.1. The number of halogens is 2. The van der Waals surface area contributed by atoms with E-state index in [1.165, 1.54) is 6.07 Å². The SMILES string of the molecule is O=C(NCc1ccc(F)cc1F)c1nnn(-c2ccccc2)c1-c1cccnc1. The smallest absolute Gasteiger partial charge is 0.274 e. The van der Waals surface area contributed by atoms with E-state index < -0.39 is 17.5 Å². The van der Waals surface area contributed by atoms with Crippen LogP contribution in [0.1, 0.15) is 16.1 Å². The zero-order valence-corrected chi connectivity index (χ0v) is 15.1. The van der Waals surface area contributed by atoms with Crippen molar-refractivity contribution < 1.29 is 13.6 Å². The van der Waals surface area contributed by atoms with Crippen LogP contribution in [0.3, 0.4) is 0 Å². The molecule has 0 radical (unpaired) electrons. The summed E-state index contributed by atoms with van der Waals surface area (Å²) < 4.78 is 28.4. The molecule has 144 valence electrons. The van der Waals surface area contributed by atoms with Gasteiger partial charge in [0.05, 0.1) is 5.69 Å². The largest absolute Gasteiger partial charge is 0.346 e. The van der Waals surface area contributed by atoms with E-state index in [9.17, 15) is 13.6 Å². The van der Waals surface area contributed by atoms with Gasteiger partial charge in [-0.1, -0.05) is 29.5 Å². The molecule has 2 heterocycles. The number of nitrogens with zero attached hydrogens (tertiary/aromatic N) is 4. The minimum absolute atomic E-state index is 0.0735. The average molecular weight is 391 g/mol. The minimum Gasteiger partial charge on any atom is -0.346 e. The molecule has 4 aromatic rings. The molecule has 0 unspecified atom stereocenters. The standard InChI is InChI=1S/C21H15F2N5O/c22-16-9-8-14(18(23)11-16)13-25-21(29)19-20(15-5-4-10-24-12-15)28(27-26-19)17-6-2-1-3-7-17/h1-12H,13H2,(H,25,29). The van der Waals surface area contributed by atoms with Gasteiger partial charge in [-0.05, 0) is 30.3 Å². The maximum Gasteiger partial charge on any atom is 0.274 e. The van der Waals surface area contributed by atoms with Gasteiger partial charge in [-0.3, -0.25) is 9.78 Å². The Labute approximate surface area is 164 Å². The van der Waals surface area contributed by atoms with Gasteiger partial charge >= 0.3 is 0 Å². The molecule has 4 rings (SSSR count). The molecule has 0 aliphatic rings. The van der Waals surface area contributed by atoms with Crippen molar-refractivity contribution in [2.75, 3.05) is 0 Å². The second-order valence-corrected chi connectivity index (χ2v) is 6.19. The van der Waals surface area contributed by atoms with E-state index in [4.69, 9.17) is 0 Å². The van der Waals surface area contributed by atoms with Crippen molar-refractivity contribution in [3.63, 3.8) is 0 Å². The molecule has 0 bridgehead atoms. The first kappa shape index (κ1) is 18.4. The Morgan fingerprint density at radius 3 is 2.59 bits per heavy atom. The minimum atomic E-state index is -0.731. The van der Waals surface area contributed by atoms with E-state index in [0.717, 1.165) is 17.8 Å². The lowest BCUT2D eigenvalue weighted by Crippen LogP contribution is -2.24. The van der Waals surface area contributed by atoms with Crippen molar-refractivity contribution in [3.8, 4) is 16.9 Å². The summed E-state index contributed by atoms with van der Waals surface area (Å²) in [7, 11) is 0. The molecule has 0 atom stereocenters. The molecule has 1 amide bonds. The summed E-state index contributed by atoms with van der Waals surface area (Å²) in [6.45, 7) is -0.115. The van der Waals surface area contributed by atoms with E-state index in [1.807, 2.05) is 30.3 Å². The molecule has 0 saturated carbocycles. The summed E-state index contributed by atoms with van der Waals surface area (Å²) in [6.07, 6.45) is 3.23. The van der Waals surface area contributed by atoms with Crippen LogP contribution in [0.4, 0.5) is 8.78 Å². The summed E-state index contributed by atoms with van der Waals surface area (Å²) in [6, 6.07) is 16.0. The normalized spacial score (nSPS) is 10.7. The number of rotatable bonds is 5. The van der Waals surface area contributed by atoms with Gasteiger partial charge in [0.2, 0.25) is 0 Å². The van der Waals surface area contributed by atoms with E-state index in [2.05, 4.69) is 20.6 Å². The molecule has 6 nitrogen and oxygen atoms in total. The highest BCUT2D eigenvalue weighted by Crippen LogP contribution is 2.24. The Kier molecular flexibility index (Phi) is 5.07. The summed E-state index contributed by atoms with van der Waals surface area (Å²) >= 11 is 0. The first-order valence-corrected chi connectivity index (χ1v) is 8.77. The lowest BCUT2D eigenvalue weighted by molar-refractivity contribution is 0.0946. The molecule has 0 spiro atoms. The maximum absolute atomic E-state index is 13.8. The number of aromatic nitrogens is 4. The van der Waals surface area contributed by atoms with E-state index in [-0.39, 0.29) is 17.8 Å². The summed E-state index contributed by atoms with van der Waals surface area (Å²) in [5, 5.41) is 10.8. The number of amides is 1. The Bertz CT molecular complexity index is 1150. The van der Waals surface area contributed by atoms with Gasteiger partial charge in [0.25, 0.3) is 5.91 Å². The molecule has 1 N–H and O–H groups in total. The van der Waals surface area contributed by atoms with Crippen LogP contribution in [-0.2, 0) is 6.54 Å². The number of hydrogen-bond acceptors (Lipinski definition) is 4. The molecule has 2 aromatic heterocycles. The maximum atomic E-state index is 13.8. The lowest BCUT2D eigenvalue weighted by Gasteiger charge is -2.09. The third-order valence-electron chi connectivity index (χ3n) is 4.28. The van der Waals surface area contributed by atoms with Crippen LogP contribution in [0.25, 0.3) is 16.9 Å². The number of nitrogens with one attached hydrogen (secondary N) is 1. The van der Waals surface area contributed by atoms with Crippen LogP contribution >= 0.6 is 0 Å². The molecule has 29 heavy (non-hydrogen) atoms. The molecule has 0 aliphatic carbocycles. The first-order chi connectivity index (χ1) is 14.1. The van der Waals surface area contributed by atoms with Gasteiger partial charge < -0.3 is 5.32 Å². The number of benzene rings is 2. The van der Waals surface area contributed by atoms with E-state index in [1.54, 1.807) is 29.2 Å². The zero-order valence-electron chi connectivity index (χ0n) is 15.1. The quantitative estimate of drug-likeness (QED) is 0.565. The van der Waals surface area contributed by atoms with Gasteiger partial charge in [0.1, 0.15) is 17.3 Å². The van der Waals surface area contributed by atoms with Gasteiger partial charge in [0.15, 0.2) is 5.69 Å². The predicted octanol–water partition coefficient (Wildman–Crippen LogP) is 3.54. The van der Waals surface area contributed by atoms with E-state index in [0.29, 0.717) is 11.3 Å². The van der Waals surface area contributed by atoms with Crippen LogP contribution in [0.5, 0.6) is 0 Å². The second-order valence-electron chi connectivity index (χ2n) is 6.19. The fraction of sp³-hybridized carbons (Fsp3) is 0.0476. The number of carbonyl (C=O) groups excluding carboxylic acids is 1. The topological polar surface area (TPSA) is 72.7 Å². The highest BCUT2D eigenvalue weighted by molar-refractivity contribution is 5.98. The van der Waals surface area contributed by atoms with Crippen molar-refractivity contribution in [3.05, 3.63) is 95.9 Å². The van der Waals surface area contributed by atoms with Crippen molar-refractivity contribution in [1.82, 2.24) is 25.3 Å². The molecule has 8 heteroatoms. The van der Waals surface area contributed by atoms with Crippen LogP contribution in [0.2, 0.25) is 0 Å². The zero-order chi connectivity index (χ0) is 20.2. The van der Waals surface area contributed by atoms with Gasteiger partial charge in [-0.25, -0.2) is 13.5 Å². The number of pyridine rings is 1. The Morgan fingerprint density at radius 2 is 1.86 bits per heavy atom. The van der Waals surface area contributed by atoms with Crippen LogP contribution in [0.15, 0.2) is 73.1 Å². The predicted molar refractivity (Wildman–Crippen MR) is 102 cm³/mol. The second kappa shape index (κ2) is 7.97. The van der Waals surface area contributed by atoms with E-state index >= 15 is 0 Å². The van der Waals surface area contributed by atoms with Gasteiger partial charge in [0, 0.05) is 36.1 Å². The summed E-state index contributed by atoms with van der Waals surface area (Å²) in [5.41, 5.74) is 2.07. The van der Waals surface area contributed by atoms with Crippen LogP contribution in [0, 0.1) is 11.6 Å². The molecule has 0 saturated heterocycles. The third-order valence-corrected chi connectivity index (χ3v) is 4.28. The number of hydrogen-bond donors (Lipinski definition) is 1. The number of carbonyl (C=O) groups is 1. The molecule has 0 fully saturated rings. The fourth-order valence-electron chi connectivity index (χ4n) is 2.87. The third kappa shape index (κ3) is 3.86. The highest BCUT2D eigenvalue weighted by atomic mass is 19.1. The molecular formula is C21H15F2N5O.